The first-order valence-electron chi connectivity index (χ1n) is 24.3. The van der Waals surface area contributed by atoms with Crippen LogP contribution in [0, 0.1) is 57.2 Å². The van der Waals surface area contributed by atoms with Crippen molar-refractivity contribution < 1.29 is 4.74 Å². The number of hydrogen-bond donors (Lipinski definition) is 0. The first-order chi connectivity index (χ1) is 26.0. The molecule has 0 aromatic carbocycles. The van der Waals surface area contributed by atoms with Crippen LogP contribution in [0.2, 0.25) is 0 Å². The van der Waals surface area contributed by atoms with Crippen LogP contribution in [0.15, 0.2) is 48.6 Å². The van der Waals surface area contributed by atoms with Gasteiger partial charge in [-0.2, -0.15) is 0 Å². The van der Waals surface area contributed by atoms with Gasteiger partial charge in [0.05, 0.1) is 13.2 Å². The van der Waals surface area contributed by atoms with Gasteiger partial charge >= 0.3 is 0 Å². The Kier molecular flexibility index (Phi) is 15.6. The smallest absolute Gasteiger partial charge is 0.0563 e. The van der Waals surface area contributed by atoms with Crippen molar-refractivity contribution >= 4 is 0 Å². The minimum absolute atomic E-state index is 0.251. The second-order valence-corrected chi connectivity index (χ2v) is 20.0. The zero-order chi connectivity index (χ0) is 37.0. The monoisotopic (exact) mass is 727 g/mol. The molecule has 0 saturated heterocycles. The Morgan fingerprint density at radius 1 is 0.453 bits per heavy atom. The Morgan fingerprint density at radius 3 is 1.13 bits per heavy atom. The van der Waals surface area contributed by atoms with Gasteiger partial charge in [0, 0.05) is 22.7 Å². The SMILES string of the molecule is CCCC[C@H]1CC[C@H](C2([C@]3(CCC)C=C[C@@H](COC[C@H]4C=C[C@](CCC)(C5([C@H]6CC[C@H](CCCC)CC6)CCCCC5)C=C4)C=C3)CCCCC2)CC1. The van der Waals surface area contributed by atoms with E-state index in [1.54, 1.807) is 0 Å². The summed E-state index contributed by atoms with van der Waals surface area (Å²) in [6, 6.07) is 0. The average molecular weight is 727 g/mol. The summed E-state index contributed by atoms with van der Waals surface area (Å²) in [6.07, 6.45) is 61.5. The van der Waals surface area contributed by atoms with E-state index in [4.69, 9.17) is 4.74 Å². The number of hydrogen-bond acceptors (Lipinski definition) is 1. The minimum atomic E-state index is 0.251. The molecule has 0 bridgehead atoms. The topological polar surface area (TPSA) is 9.23 Å². The molecule has 0 amide bonds. The Bertz CT molecular complexity index is 1050. The van der Waals surface area contributed by atoms with E-state index in [1.165, 1.54) is 180 Å². The normalized spacial score (nSPS) is 36.8. The van der Waals surface area contributed by atoms with Crippen LogP contribution in [0.1, 0.15) is 207 Å². The van der Waals surface area contributed by atoms with Gasteiger partial charge in [-0.05, 0) is 98.7 Å². The molecule has 1 nitrogen and oxygen atoms in total. The summed E-state index contributed by atoms with van der Waals surface area (Å²) in [7, 11) is 0. The van der Waals surface area contributed by atoms with Crippen LogP contribution in [0.25, 0.3) is 0 Å². The lowest BCUT2D eigenvalue weighted by atomic mass is 9.47. The van der Waals surface area contributed by atoms with Crippen LogP contribution in [0.5, 0.6) is 0 Å². The summed E-state index contributed by atoms with van der Waals surface area (Å²) >= 11 is 0. The Balaban J connectivity index is 1.07. The van der Waals surface area contributed by atoms with E-state index < -0.39 is 0 Å². The molecule has 0 heterocycles. The third-order valence-corrected chi connectivity index (χ3v) is 17.0. The van der Waals surface area contributed by atoms with E-state index in [9.17, 15) is 0 Å². The maximum atomic E-state index is 6.63. The summed E-state index contributed by atoms with van der Waals surface area (Å²) < 4.78 is 6.63. The molecule has 6 aliphatic carbocycles. The predicted molar refractivity (Wildman–Crippen MR) is 230 cm³/mol. The third-order valence-electron chi connectivity index (χ3n) is 17.0. The maximum absolute atomic E-state index is 6.63. The van der Waals surface area contributed by atoms with Crippen molar-refractivity contribution in [2.45, 2.75) is 207 Å². The quantitative estimate of drug-likeness (QED) is 0.128. The van der Waals surface area contributed by atoms with Crippen molar-refractivity contribution in [3.63, 3.8) is 0 Å². The molecule has 1 heteroatoms. The summed E-state index contributed by atoms with van der Waals surface area (Å²) in [5, 5.41) is 0. The van der Waals surface area contributed by atoms with Crippen LogP contribution in [0.4, 0.5) is 0 Å². The van der Waals surface area contributed by atoms with E-state index in [-0.39, 0.29) is 10.8 Å². The van der Waals surface area contributed by atoms with Gasteiger partial charge in [-0.25, -0.2) is 0 Å². The maximum Gasteiger partial charge on any atom is 0.0563 e. The van der Waals surface area contributed by atoms with Crippen LogP contribution in [-0.2, 0) is 4.74 Å². The Morgan fingerprint density at radius 2 is 0.811 bits per heavy atom. The molecule has 6 rings (SSSR count). The molecule has 0 aromatic heterocycles. The molecule has 300 valence electrons. The molecule has 0 unspecified atom stereocenters. The largest absolute Gasteiger partial charge is 0.380 e. The van der Waals surface area contributed by atoms with Crippen molar-refractivity contribution in [3.8, 4) is 0 Å². The zero-order valence-electron chi connectivity index (χ0n) is 35.7. The molecule has 0 aliphatic heterocycles. The molecule has 0 spiro atoms. The standard InChI is InChI=1S/C52H86O/c1-5-9-17-43-19-23-47(24-20-43)51(33-13-11-14-34-51)49(31-7-3)37-27-45(28-38-49)41-53-42-46-29-39-50(32-8-4,40-30-46)52(35-15-12-16-36-52)48-25-21-44(22-26-48)18-10-6-2/h27-30,37-40,43-48H,5-26,31-36,41-42H2,1-4H3/t43-,44-,45-,46-,47-,48-,49-,50-. The summed E-state index contributed by atoms with van der Waals surface area (Å²) in [6.45, 7) is 11.3. The summed E-state index contributed by atoms with van der Waals surface area (Å²) in [5.41, 5.74) is 1.45. The van der Waals surface area contributed by atoms with E-state index in [2.05, 4.69) is 76.3 Å². The molecule has 4 fully saturated rings. The summed E-state index contributed by atoms with van der Waals surface area (Å²) in [5.74, 6) is 4.65. The number of rotatable bonds is 18. The van der Waals surface area contributed by atoms with E-state index >= 15 is 0 Å². The molecule has 53 heavy (non-hydrogen) atoms. The molecule has 0 radical (unpaired) electrons. The van der Waals surface area contributed by atoms with Gasteiger partial charge in [0.1, 0.15) is 0 Å². The van der Waals surface area contributed by atoms with Gasteiger partial charge in [0.2, 0.25) is 0 Å². The lowest BCUT2D eigenvalue weighted by Crippen LogP contribution is -2.48. The van der Waals surface area contributed by atoms with Crippen molar-refractivity contribution in [3.05, 3.63) is 48.6 Å². The van der Waals surface area contributed by atoms with Gasteiger partial charge in [-0.15, -0.1) is 0 Å². The van der Waals surface area contributed by atoms with Crippen LogP contribution < -0.4 is 0 Å². The molecule has 0 N–H and O–H groups in total. The second-order valence-electron chi connectivity index (χ2n) is 20.0. The van der Waals surface area contributed by atoms with Crippen LogP contribution in [-0.4, -0.2) is 13.2 Å². The number of ether oxygens (including phenoxy) is 1. The third kappa shape index (κ3) is 9.23. The van der Waals surface area contributed by atoms with Crippen LogP contribution in [0.3, 0.4) is 0 Å². The number of allylic oxidation sites excluding steroid dienone is 4. The van der Waals surface area contributed by atoms with Gasteiger partial charge in [0.25, 0.3) is 0 Å². The Hall–Kier alpha value is -1.08. The molecule has 0 atom stereocenters. The highest BCUT2D eigenvalue weighted by molar-refractivity contribution is 5.28. The fourth-order valence-electron chi connectivity index (χ4n) is 14.2. The second kappa shape index (κ2) is 19.9. The van der Waals surface area contributed by atoms with Gasteiger partial charge in [-0.1, -0.05) is 192 Å². The fraction of sp³-hybridized carbons (Fsp3) is 0.846. The van der Waals surface area contributed by atoms with Gasteiger partial charge in [0.15, 0.2) is 0 Å². The van der Waals surface area contributed by atoms with E-state index in [0.29, 0.717) is 22.7 Å². The number of unbranched alkanes of at least 4 members (excludes halogenated alkanes) is 2. The molecular weight excluding hydrogens is 641 g/mol. The lowest BCUT2D eigenvalue weighted by molar-refractivity contribution is -0.0288. The highest BCUT2D eigenvalue weighted by Gasteiger charge is 2.54. The van der Waals surface area contributed by atoms with E-state index in [1.807, 2.05) is 0 Å². The van der Waals surface area contributed by atoms with Crippen molar-refractivity contribution in [2.75, 3.05) is 13.2 Å². The van der Waals surface area contributed by atoms with Crippen molar-refractivity contribution in [1.82, 2.24) is 0 Å². The van der Waals surface area contributed by atoms with Crippen molar-refractivity contribution in [1.29, 1.82) is 0 Å². The molecular formula is C52H86O. The Labute approximate surface area is 330 Å². The van der Waals surface area contributed by atoms with E-state index in [0.717, 1.165) is 36.9 Å². The first kappa shape index (κ1) is 41.6. The van der Waals surface area contributed by atoms with Crippen LogP contribution >= 0.6 is 0 Å². The minimum Gasteiger partial charge on any atom is -0.380 e. The highest BCUT2D eigenvalue weighted by Crippen LogP contribution is 2.64. The van der Waals surface area contributed by atoms with Crippen molar-refractivity contribution in [2.24, 2.45) is 57.2 Å². The predicted octanol–water partition coefficient (Wildman–Crippen LogP) is 16.0. The molecule has 4 saturated carbocycles. The zero-order valence-corrected chi connectivity index (χ0v) is 35.7. The average Bonchev–Trinajstić information content (AvgIpc) is 3.21. The molecule has 0 aromatic rings. The summed E-state index contributed by atoms with van der Waals surface area (Å²) in [4.78, 5) is 0. The highest BCUT2D eigenvalue weighted by atomic mass is 16.5. The lowest BCUT2D eigenvalue weighted by Gasteiger charge is -2.57. The first-order valence-corrected chi connectivity index (χ1v) is 24.3. The van der Waals surface area contributed by atoms with Gasteiger partial charge < -0.3 is 4.74 Å². The van der Waals surface area contributed by atoms with Gasteiger partial charge in [-0.3, -0.25) is 0 Å². The molecule has 6 aliphatic rings. The fourth-order valence-corrected chi connectivity index (χ4v) is 14.2.